The first-order valence-electron chi connectivity index (χ1n) is 14.0. The maximum absolute atomic E-state index is 14.8. The minimum absolute atomic E-state index is 0.0550. The molecule has 2 aromatic carbocycles. The molecular formula is C31H30F4N6S. The van der Waals surface area contributed by atoms with Crippen molar-refractivity contribution >= 4 is 28.8 Å². The van der Waals surface area contributed by atoms with Gasteiger partial charge in [-0.25, -0.2) is 36.5 Å². The highest BCUT2D eigenvalue weighted by atomic mass is 32.2. The third kappa shape index (κ3) is 5.31. The number of alkyl halides is 2. The van der Waals surface area contributed by atoms with Crippen LogP contribution in [0.3, 0.4) is 0 Å². The van der Waals surface area contributed by atoms with E-state index in [1.54, 1.807) is 6.92 Å². The zero-order valence-corrected chi connectivity index (χ0v) is 23.8. The van der Waals surface area contributed by atoms with E-state index in [0.717, 1.165) is 42.3 Å². The zero-order valence-electron chi connectivity index (χ0n) is 23.0. The van der Waals surface area contributed by atoms with Gasteiger partial charge in [-0.05, 0) is 48.8 Å². The normalized spacial score (nSPS) is 21.9. The summed E-state index contributed by atoms with van der Waals surface area (Å²) in [6.07, 6.45) is -1.49. The molecule has 0 spiro atoms. The molecule has 11 heteroatoms. The molecule has 3 atom stereocenters. The van der Waals surface area contributed by atoms with E-state index in [1.807, 2.05) is 39.3 Å². The smallest absolute Gasteiger partial charge is 0.190 e. The van der Waals surface area contributed by atoms with Crippen LogP contribution in [0.4, 0.5) is 23.4 Å². The molecule has 3 unspecified atom stereocenters. The number of halogens is 4. The molecule has 0 amide bonds. The summed E-state index contributed by atoms with van der Waals surface area (Å²) in [6.45, 7) is 2.58. The van der Waals surface area contributed by atoms with Crippen LogP contribution < -0.4 is 5.73 Å². The molecule has 2 N–H and O–H groups in total. The quantitative estimate of drug-likeness (QED) is 0.177. The maximum Gasteiger partial charge on any atom is 0.190 e. The van der Waals surface area contributed by atoms with Crippen molar-refractivity contribution in [2.75, 3.05) is 18.8 Å². The van der Waals surface area contributed by atoms with Crippen LogP contribution >= 0.6 is 11.9 Å². The van der Waals surface area contributed by atoms with Crippen LogP contribution in [-0.2, 0) is 6.42 Å². The SMILES string of the molecule is CCC1=C(F)C(F)C(F)C(F)=C1SN1CCCC(n2nc(-c3ccc(Cc4ccccc4)cc3)c3c(N)ncnc32)C1. The summed E-state index contributed by atoms with van der Waals surface area (Å²) in [6, 6.07) is 18.2. The fourth-order valence-electron chi connectivity index (χ4n) is 5.63. The minimum Gasteiger partial charge on any atom is -0.383 e. The molecule has 218 valence electrons. The summed E-state index contributed by atoms with van der Waals surface area (Å²) in [4.78, 5) is 8.54. The highest BCUT2D eigenvalue weighted by Gasteiger charge is 2.40. The second kappa shape index (κ2) is 11.9. The summed E-state index contributed by atoms with van der Waals surface area (Å²) in [5.74, 6) is -2.17. The lowest BCUT2D eigenvalue weighted by Crippen LogP contribution is -2.34. The molecule has 1 aliphatic heterocycles. The van der Waals surface area contributed by atoms with E-state index in [-0.39, 0.29) is 22.9 Å². The molecule has 1 saturated heterocycles. The van der Waals surface area contributed by atoms with Gasteiger partial charge in [-0.3, -0.25) is 0 Å². The number of fused-ring (bicyclic) bond motifs is 1. The maximum atomic E-state index is 14.8. The van der Waals surface area contributed by atoms with Gasteiger partial charge in [-0.2, -0.15) is 5.10 Å². The third-order valence-electron chi connectivity index (χ3n) is 7.80. The molecule has 0 saturated carbocycles. The molecule has 3 heterocycles. The number of anilines is 1. The lowest BCUT2D eigenvalue weighted by molar-refractivity contribution is 0.171. The third-order valence-corrected chi connectivity index (χ3v) is 9.01. The second-order valence-corrected chi connectivity index (χ2v) is 11.7. The molecule has 2 aromatic heterocycles. The van der Waals surface area contributed by atoms with Gasteiger partial charge in [-0.1, -0.05) is 61.5 Å². The van der Waals surface area contributed by atoms with Gasteiger partial charge in [0.25, 0.3) is 0 Å². The van der Waals surface area contributed by atoms with Crippen LogP contribution in [0.15, 0.2) is 83.1 Å². The first-order chi connectivity index (χ1) is 20.4. The van der Waals surface area contributed by atoms with Crippen LogP contribution in [0.25, 0.3) is 22.3 Å². The number of nitrogens with zero attached hydrogens (tertiary/aromatic N) is 5. The van der Waals surface area contributed by atoms with Gasteiger partial charge in [0.1, 0.15) is 23.7 Å². The zero-order chi connectivity index (χ0) is 29.4. The van der Waals surface area contributed by atoms with E-state index in [2.05, 4.69) is 34.2 Å². The largest absolute Gasteiger partial charge is 0.383 e. The van der Waals surface area contributed by atoms with E-state index >= 15 is 0 Å². The lowest BCUT2D eigenvalue weighted by atomic mass is 10.00. The predicted molar refractivity (Wildman–Crippen MR) is 158 cm³/mol. The Morgan fingerprint density at radius 3 is 2.40 bits per heavy atom. The van der Waals surface area contributed by atoms with Gasteiger partial charge in [-0.15, -0.1) is 0 Å². The van der Waals surface area contributed by atoms with Gasteiger partial charge in [0.05, 0.1) is 16.3 Å². The molecular weight excluding hydrogens is 564 g/mol. The standard InChI is InChI=1S/C31H30F4N6S/c1-2-22-24(32)25(33)26(34)27(35)29(22)42-40-14-6-9-21(16-40)41-31-23(30(36)37-17-38-31)28(39-41)20-12-10-19(11-13-20)15-18-7-4-3-5-8-18/h3-5,7-8,10-13,17,21,25-26H,2,6,9,14-16H2,1H3,(H2,36,37,38). The monoisotopic (exact) mass is 594 g/mol. The van der Waals surface area contributed by atoms with E-state index in [1.165, 1.54) is 11.9 Å². The molecule has 6 rings (SSSR count). The predicted octanol–water partition coefficient (Wildman–Crippen LogP) is 7.46. The average Bonchev–Trinajstić information content (AvgIpc) is 3.41. The number of nitrogen functional groups attached to an aromatic ring is 1. The minimum atomic E-state index is -2.64. The Morgan fingerprint density at radius 2 is 1.67 bits per heavy atom. The number of nitrogens with two attached hydrogens (primary N) is 1. The molecule has 0 radical (unpaired) electrons. The summed E-state index contributed by atoms with van der Waals surface area (Å²) in [5, 5.41) is 5.60. The van der Waals surface area contributed by atoms with Gasteiger partial charge < -0.3 is 5.73 Å². The fourth-order valence-corrected chi connectivity index (χ4v) is 6.90. The van der Waals surface area contributed by atoms with Crippen molar-refractivity contribution in [3.05, 3.63) is 94.2 Å². The fraction of sp³-hybridized carbons (Fsp3) is 0.323. The van der Waals surface area contributed by atoms with Gasteiger partial charge >= 0.3 is 0 Å². The van der Waals surface area contributed by atoms with Gasteiger partial charge in [0.2, 0.25) is 0 Å². The highest BCUT2D eigenvalue weighted by Crippen LogP contribution is 2.45. The molecule has 1 aliphatic carbocycles. The summed E-state index contributed by atoms with van der Waals surface area (Å²) < 4.78 is 61.3. The van der Waals surface area contributed by atoms with Crippen molar-refractivity contribution < 1.29 is 17.6 Å². The Kier molecular flexibility index (Phi) is 8.04. The summed E-state index contributed by atoms with van der Waals surface area (Å²) in [7, 11) is 0. The number of benzene rings is 2. The topological polar surface area (TPSA) is 72.9 Å². The Bertz CT molecular complexity index is 1650. The Morgan fingerprint density at radius 1 is 0.952 bits per heavy atom. The number of allylic oxidation sites excluding steroid dienone is 3. The highest BCUT2D eigenvalue weighted by molar-refractivity contribution is 8.01. The Balaban J connectivity index is 1.29. The molecule has 2 aliphatic rings. The van der Waals surface area contributed by atoms with Crippen molar-refractivity contribution in [2.45, 2.75) is 51.0 Å². The number of hydrogen-bond donors (Lipinski definition) is 1. The first kappa shape index (κ1) is 28.4. The number of aromatic nitrogens is 4. The van der Waals surface area contributed by atoms with Crippen molar-refractivity contribution in [1.29, 1.82) is 0 Å². The average molecular weight is 595 g/mol. The summed E-state index contributed by atoms with van der Waals surface area (Å²) >= 11 is 0.939. The van der Waals surface area contributed by atoms with Crippen molar-refractivity contribution in [1.82, 2.24) is 24.1 Å². The van der Waals surface area contributed by atoms with E-state index in [4.69, 9.17) is 10.8 Å². The molecule has 4 aromatic rings. The van der Waals surface area contributed by atoms with Crippen molar-refractivity contribution in [2.24, 2.45) is 0 Å². The van der Waals surface area contributed by atoms with Crippen molar-refractivity contribution in [3.8, 4) is 11.3 Å². The summed E-state index contributed by atoms with van der Waals surface area (Å²) in [5.41, 5.74) is 10.7. The van der Waals surface area contributed by atoms with Crippen LogP contribution in [0.5, 0.6) is 0 Å². The van der Waals surface area contributed by atoms with E-state index in [0.29, 0.717) is 35.6 Å². The van der Waals surface area contributed by atoms with E-state index < -0.39 is 24.0 Å². The van der Waals surface area contributed by atoms with Crippen LogP contribution in [-0.4, -0.2) is 49.5 Å². The number of piperidine rings is 1. The first-order valence-corrected chi connectivity index (χ1v) is 14.7. The lowest BCUT2D eigenvalue weighted by Gasteiger charge is -2.34. The van der Waals surface area contributed by atoms with Crippen molar-refractivity contribution in [3.63, 3.8) is 0 Å². The number of rotatable bonds is 7. The molecule has 42 heavy (non-hydrogen) atoms. The molecule has 0 bridgehead atoms. The Labute approximate surface area is 245 Å². The van der Waals surface area contributed by atoms with Crippen LogP contribution in [0.2, 0.25) is 0 Å². The van der Waals surface area contributed by atoms with E-state index in [9.17, 15) is 17.6 Å². The van der Waals surface area contributed by atoms with Gasteiger partial charge in [0, 0.05) is 24.2 Å². The second-order valence-electron chi connectivity index (χ2n) is 10.5. The molecule has 6 nitrogen and oxygen atoms in total. The molecule has 1 fully saturated rings. The van der Waals surface area contributed by atoms with Gasteiger partial charge in [0.15, 0.2) is 23.8 Å². The van der Waals surface area contributed by atoms with Crippen LogP contribution in [0, 0.1) is 0 Å². The Hall–Kier alpha value is -3.70. The number of hydrogen-bond acceptors (Lipinski definition) is 6. The van der Waals surface area contributed by atoms with Crippen LogP contribution in [0.1, 0.15) is 43.4 Å².